The molecule has 0 radical (unpaired) electrons. The second kappa shape index (κ2) is 11.6. The van der Waals surface area contributed by atoms with E-state index in [-0.39, 0.29) is 28.0 Å². The average molecular weight is 680 g/mol. The number of anilines is 1. The lowest BCUT2D eigenvalue weighted by Crippen LogP contribution is -2.75. The Hall–Kier alpha value is -3.89. The number of carbonyl (C=O) groups is 1. The van der Waals surface area contributed by atoms with Crippen LogP contribution in [0.1, 0.15) is 74.6 Å². The molecular weight excluding hydrogens is 639 g/mol. The van der Waals surface area contributed by atoms with Crippen molar-refractivity contribution in [3.05, 3.63) is 52.3 Å². The molecule has 3 aliphatic carbocycles. The van der Waals surface area contributed by atoms with Crippen molar-refractivity contribution >= 4 is 44.4 Å². The number of amides is 1. The average Bonchev–Trinajstić information content (AvgIpc) is 3.53. The number of aromatic nitrogens is 3. The number of nitriles is 1. The van der Waals surface area contributed by atoms with Crippen LogP contribution in [-0.2, 0) is 24.2 Å². The Morgan fingerprint density at radius 3 is 2.52 bits per heavy atom. The third-order valence-corrected chi connectivity index (χ3v) is 11.1. The van der Waals surface area contributed by atoms with Gasteiger partial charge < -0.3 is 19.9 Å². The van der Waals surface area contributed by atoms with Gasteiger partial charge in [0.25, 0.3) is 0 Å². The lowest BCUT2D eigenvalue weighted by Gasteiger charge is -2.70. The first-order valence-electron chi connectivity index (χ1n) is 16.4. The standard InChI is InChI=1S/C35H40F3N7O2S/c1-21-22(15-44-9-7-23(8-10-44)42-29-27-12-25(13-35(36,37)38)48-30(27)41-20-40-29)5-6-28-26(21)11-24(14-39)45(28)19-33-16-34(17-33,18-33)43-31(46)47-32(2,3)4/h5-6,11-12,20,23H,7-10,13,15-19H2,1-4H3,(H,43,46)(H,40,41,42). The van der Waals surface area contributed by atoms with Crippen molar-refractivity contribution in [1.82, 2.24) is 24.8 Å². The number of nitrogens with one attached hydrogen (secondary N) is 2. The quantitative estimate of drug-likeness (QED) is 0.199. The van der Waals surface area contributed by atoms with Crippen LogP contribution in [0.4, 0.5) is 23.8 Å². The minimum atomic E-state index is -4.26. The van der Waals surface area contributed by atoms with Crippen LogP contribution in [-0.4, -0.2) is 62.0 Å². The molecule has 0 spiro atoms. The van der Waals surface area contributed by atoms with Gasteiger partial charge in [0.2, 0.25) is 0 Å². The maximum atomic E-state index is 13.0. The fraction of sp³-hybridized carbons (Fsp3) is 0.543. The first-order chi connectivity index (χ1) is 22.6. The van der Waals surface area contributed by atoms with Gasteiger partial charge in [0.1, 0.15) is 34.3 Å². The lowest BCUT2D eigenvalue weighted by atomic mass is 9.39. The van der Waals surface area contributed by atoms with Crippen molar-refractivity contribution in [3.63, 3.8) is 0 Å². The molecule has 8 rings (SSSR count). The second-order valence-electron chi connectivity index (χ2n) is 15.1. The number of carbonyl (C=O) groups excluding carboxylic acids is 1. The maximum absolute atomic E-state index is 13.0. The molecule has 4 fully saturated rings. The number of alkyl carbamates (subject to hydrolysis) is 1. The molecular formula is C35H40F3N7O2S. The van der Waals surface area contributed by atoms with Gasteiger partial charge in [-0.3, -0.25) is 4.90 Å². The summed E-state index contributed by atoms with van der Waals surface area (Å²) in [7, 11) is 0. The summed E-state index contributed by atoms with van der Waals surface area (Å²) in [4.78, 5) is 24.1. The molecule has 254 valence electrons. The summed E-state index contributed by atoms with van der Waals surface area (Å²) in [6.07, 6.45) is 0.253. The summed E-state index contributed by atoms with van der Waals surface area (Å²) in [6, 6.07) is 10.5. The van der Waals surface area contributed by atoms with Gasteiger partial charge in [0.05, 0.1) is 11.8 Å². The molecule has 0 atom stereocenters. The van der Waals surface area contributed by atoms with Gasteiger partial charge in [-0.05, 0) is 94.5 Å². The first-order valence-corrected chi connectivity index (χ1v) is 17.3. The van der Waals surface area contributed by atoms with Crippen LogP contribution in [0.25, 0.3) is 21.1 Å². The molecule has 2 bridgehead atoms. The van der Waals surface area contributed by atoms with Gasteiger partial charge in [-0.15, -0.1) is 11.3 Å². The highest BCUT2D eigenvalue weighted by Crippen LogP contribution is 2.68. The second-order valence-corrected chi connectivity index (χ2v) is 16.2. The SMILES string of the molecule is Cc1c(CN2CCC(Nc3ncnc4sc(CC(F)(F)F)cc34)CC2)ccc2c1cc(C#N)n2CC12CC(NC(=O)OC(C)(C)C)(C1)C2. The molecule has 3 saturated carbocycles. The van der Waals surface area contributed by atoms with Gasteiger partial charge in [0, 0.05) is 53.5 Å². The van der Waals surface area contributed by atoms with Gasteiger partial charge >= 0.3 is 12.3 Å². The van der Waals surface area contributed by atoms with Gasteiger partial charge in [-0.2, -0.15) is 18.4 Å². The summed E-state index contributed by atoms with van der Waals surface area (Å²) in [5.41, 5.74) is 3.51. The number of fused-ring (bicyclic) bond motifs is 2. The van der Waals surface area contributed by atoms with Gasteiger partial charge in [-0.25, -0.2) is 14.8 Å². The number of benzene rings is 1. The molecule has 13 heteroatoms. The van der Waals surface area contributed by atoms with Crippen molar-refractivity contribution in [2.45, 2.75) is 103 Å². The topological polar surface area (TPSA) is 108 Å². The monoisotopic (exact) mass is 679 g/mol. The van der Waals surface area contributed by atoms with Crippen LogP contribution >= 0.6 is 11.3 Å². The molecule has 1 amide bonds. The summed E-state index contributed by atoms with van der Waals surface area (Å²) in [5.74, 6) is 0.593. The molecule has 48 heavy (non-hydrogen) atoms. The Bertz CT molecular complexity index is 1910. The molecule has 1 aliphatic heterocycles. The van der Waals surface area contributed by atoms with Crippen molar-refractivity contribution in [2.75, 3.05) is 18.4 Å². The molecule has 1 saturated heterocycles. The highest BCUT2D eigenvalue weighted by atomic mass is 32.1. The molecule has 1 aromatic carbocycles. The normalized spacial score (nSPS) is 23.0. The minimum absolute atomic E-state index is 0.0872. The number of nitrogens with zero attached hydrogens (tertiary/aromatic N) is 5. The minimum Gasteiger partial charge on any atom is -0.444 e. The van der Waals surface area contributed by atoms with E-state index >= 15 is 0 Å². The molecule has 4 heterocycles. The molecule has 2 N–H and O–H groups in total. The van der Waals surface area contributed by atoms with E-state index in [0.29, 0.717) is 21.7 Å². The Labute approximate surface area is 281 Å². The fourth-order valence-electron chi connectivity index (χ4n) is 8.08. The molecule has 4 aromatic rings. The van der Waals surface area contributed by atoms with Gasteiger partial charge in [0.15, 0.2) is 0 Å². The Kier molecular flexibility index (Phi) is 7.90. The van der Waals surface area contributed by atoms with Crippen molar-refractivity contribution in [1.29, 1.82) is 5.26 Å². The van der Waals surface area contributed by atoms with E-state index in [1.54, 1.807) is 6.07 Å². The van der Waals surface area contributed by atoms with E-state index in [1.165, 1.54) is 17.5 Å². The zero-order valence-electron chi connectivity index (χ0n) is 27.6. The maximum Gasteiger partial charge on any atom is 0.408 e. The number of hydrogen-bond donors (Lipinski definition) is 2. The summed E-state index contributed by atoms with van der Waals surface area (Å²) < 4.78 is 46.5. The zero-order chi connectivity index (χ0) is 34.1. The van der Waals surface area contributed by atoms with Crippen molar-refractivity contribution < 1.29 is 22.7 Å². The largest absolute Gasteiger partial charge is 0.444 e. The van der Waals surface area contributed by atoms with E-state index in [1.807, 2.05) is 26.8 Å². The molecule has 4 aliphatic rings. The Morgan fingerprint density at radius 2 is 1.85 bits per heavy atom. The van der Waals surface area contributed by atoms with E-state index in [2.05, 4.69) is 55.2 Å². The first kappa shape index (κ1) is 32.6. The van der Waals surface area contributed by atoms with E-state index in [9.17, 15) is 23.2 Å². The van der Waals surface area contributed by atoms with Crippen LogP contribution in [0.2, 0.25) is 0 Å². The van der Waals surface area contributed by atoms with Crippen molar-refractivity contribution in [3.8, 4) is 6.07 Å². The van der Waals surface area contributed by atoms with Crippen LogP contribution in [0, 0.1) is 23.7 Å². The third kappa shape index (κ3) is 6.44. The molecule has 9 nitrogen and oxygen atoms in total. The highest BCUT2D eigenvalue weighted by molar-refractivity contribution is 7.18. The predicted octanol–water partition coefficient (Wildman–Crippen LogP) is 7.45. The van der Waals surface area contributed by atoms with E-state index in [0.717, 1.165) is 80.5 Å². The third-order valence-electron chi connectivity index (χ3n) is 10.1. The summed E-state index contributed by atoms with van der Waals surface area (Å²) >= 11 is 1.06. The highest BCUT2D eigenvalue weighted by Gasteiger charge is 2.68. The number of halogens is 3. The number of thiophene rings is 1. The number of rotatable bonds is 8. The lowest BCUT2D eigenvalue weighted by molar-refractivity contribution is -0.160. The summed E-state index contributed by atoms with van der Waals surface area (Å²) in [5, 5.41) is 18.3. The van der Waals surface area contributed by atoms with Crippen molar-refractivity contribution in [2.24, 2.45) is 5.41 Å². The Morgan fingerprint density at radius 1 is 1.12 bits per heavy atom. The number of ether oxygens (including phenoxy) is 1. The Balaban J connectivity index is 0.970. The predicted molar refractivity (Wildman–Crippen MR) is 179 cm³/mol. The van der Waals surface area contributed by atoms with E-state index in [4.69, 9.17) is 4.74 Å². The fourth-order valence-corrected chi connectivity index (χ4v) is 9.11. The van der Waals surface area contributed by atoms with Gasteiger partial charge in [-0.1, -0.05) is 6.07 Å². The van der Waals surface area contributed by atoms with E-state index < -0.39 is 18.2 Å². The smallest absolute Gasteiger partial charge is 0.408 e. The number of piperidine rings is 1. The molecule has 3 aromatic heterocycles. The number of hydrogen-bond acceptors (Lipinski definition) is 8. The van der Waals surface area contributed by atoms with Crippen LogP contribution < -0.4 is 10.6 Å². The number of aryl methyl sites for hydroxylation is 1. The van der Waals surface area contributed by atoms with Crippen LogP contribution in [0.3, 0.4) is 0 Å². The zero-order valence-corrected chi connectivity index (χ0v) is 28.4. The summed E-state index contributed by atoms with van der Waals surface area (Å²) in [6.45, 7) is 11.0. The molecule has 0 unspecified atom stereocenters. The van der Waals surface area contributed by atoms with Crippen LogP contribution in [0.5, 0.6) is 0 Å². The number of likely N-dealkylation sites (tertiary alicyclic amines) is 1. The number of alkyl halides is 3. The van der Waals surface area contributed by atoms with Crippen LogP contribution in [0.15, 0.2) is 30.6 Å².